The molecule has 0 bridgehead atoms. The zero-order chi connectivity index (χ0) is 14.7. The van der Waals surface area contributed by atoms with Gasteiger partial charge < -0.3 is 9.66 Å². The summed E-state index contributed by atoms with van der Waals surface area (Å²) >= 11 is 0. The van der Waals surface area contributed by atoms with Gasteiger partial charge in [0, 0.05) is 5.25 Å². The summed E-state index contributed by atoms with van der Waals surface area (Å²) in [5, 5.41) is 8.40. The fourth-order valence-electron chi connectivity index (χ4n) is 2.25. The molecule has 6 heteroatoms. The Labute approximate surface area is 167 Å². The van der Waals surface area contributed by atoms with Crippen LogP contribution >= 0.6 is 0 Å². The molecule has 0 spiro atoms. The monoisotopic (exact) mass is 332 g/mol. The van der Waals surface area contributed by atoms with Gasteiger partial charge in [-0.3, -0.25) is 0 Å². The van der Waals surface area contributed by atoms with Crippen molar-refractivity contribution in [3.8, 4) is 0 Å². The maximum absolute atomic E-state index is 10.9. The molecule has 0 aliphatic heterocycles. The molecule has 20 heavy (non-hydrogen) atoms. The topological polar surface area (TPSA) is 77.4 Å². The van der Waals surface area contributed by atoms with Crippen molar-refractivity contribution in [2.75, 3.05) is 0 Å². The molecule has 2 atom stereocenters. The first-order chi connectivity index (χ1) is 8.88. The molecule has 116 valence electrons. The second-order valence-corrected chi connectivity index (χ2v) is 7.08. The van der Waals surface area contributed by atoms with E-state index in [1.807, 2.05) is 6.92 Å². The van der Waals surface area contributed by atoms with E-state index in [1.54, 1.807) is 6.92 Å². The van der Waals surface area contributed by atoms with Crippen LogP contribution in [0.25, 0.3) is 0 Å². The average molecular weight is 333 g/mol. The van der Waals surface area contributed by atoms with E-state index in [4.69, 9.17) is 5.11 Å². The van der Waals surface area contributed by atoms with Gasteiger partial charge in [-0.25, -0.2) is 8.42 Å². The van der Waals surface area contributed by atoms with Crippen LogP contribution in [0.2, 0.25) is 0 Å². The molecule has 0 fully saturated rings. The standard InChI is InChI=1S/C14H30O4S.K/c1-3-14(19(16,17)18)12-10-8-6-4-5-7-9-11-13(2)15;/h13-15H,3-12H2,1-2H3,(H,16,17,18);/q;+1/p-1. The number of hydrogen-bond donors (Lipinski definition) is 1. The van der Waals surface area contributed by atoms with Crippen molar-refractivity contribution in [3.05, 3.63) is 0 Å². The summed E-state index contributed by atoms with van der Waals surface area (Å²) in [6.07, 6.45) is 9.08. The molecule has 0 heterocycles. The first-order valence-corrected chi connectivity index (χ1v) is 8.97. The molecule has 0 aromatic heterocycles. The molecule has 0 rings (SSSR count). The van der Waals surface area contributed by atoms with Crippen LogP contribution in [0.1, 0.15) is 78.1 Å². The Morgan fingerprint density at radius 2 is 1.35 bits per heavy atom. The van der Waals surface area contributed by atoms with Crippen LogP contribution in [0.4, 0.5) is 0 Å². The van der Waals surface area contributed by atoms with Crippen LogP contribution in [-0.2, 0) is 10.1 Å². The normalized spacial score (nSPS) is 14.6. The molecule has 1 N–H and O–H groups in total. The van der Waals surface area contributed by atoms with E-state index in [1.165, 1.54) is 6.42 Å². The van der Waals surface area contributed by atoms with E-state index in [9.17, 15) is 13.0 Å². The quantitative estimate of drug-likeness (QED) is 0.315. The van der Waals surface area contributed by atoms with Gasteiger partial charge in [-0.15, -0.1) is 0 Å². The van der Waals surface area contributed by atoms with Gasteiger partial charge in [0.1, 0.15) is 0 Å². The van der Waals surface area contributed by atoms with Crippen molar-refractivity contribution in [2.45, 2.75) is 89.4 Å². The Balaban J connectivity index is 0. The molecule has 0 aromatic carbocycles. The fraction of sp³-hybridized carbons (Fsp3) is 1.00. The summed E-state index contributed by atoms with van der Waals surface area (Å²) in [6, 6.07) is 0. The molecule has 0 aliphatic rings. The first-order valence-electron chi connectivity index (χ1n) is 7.50. The summed E-state index contributed by atoms with van der Waals surface area (Å²) in [4.78, 5) is 0. The summed E-state index contributed by atoms with van der Waals surface area (Å²) < 4.78 is 32.6. The predicted molar refractivity (Wildman–Crippen MR) is 77.0 cm³/mol. The number of unbranched alkanes of at least 4 members (excludes halogenated alkanes) is 6. The molecule has 0 aromatic rings. The smallest absolute Gasteiger partial charge is 0.748 e. The number of aliphatic hydroxyl groups is 1. The maximum atomic E-state index is 10.9. The second-order valence-electron chi connectivity index (χ2n) is 5.42. The summed E-state index contributed by atoms with van der Waals surface area (Å²) in [5.74, 6) is 0. The van der Waals surface area contributed by atoms with E-state index in [-0.39, 0.29) is 57.5 Å². The molecule has 4 nitrogen and oxygen atoms in total. The van der Waals surface area contributed by atoms with E-state index < -0.39 is 15.4 Å². The van der Waals surface area contributed by atoms with Gasteiger partial charge in [0.2, 0.25) is 0 Å². The third-order valence-corrected chi connectivity index (χ3v) is 4.90. The largest absolute Gasteiger partial charge is 1.00 e. The van der Waals surface area contributed by atoms with Crippen molar-refractivity contribution in [3.63, 3.8) is 0 Å². The molecule has 0 saturated heterocycles. The van der Waals surface area contributed by atoms with Crippen molar-refractivity contribution >= 4 is 10.1 Å². The van der Waals surface area contributed by atoms with Crippen molar-refractivity contribution in [1.29, 1.82) is 0 Å². The third-order valence-electron chi connectivity index (χ3n) is 3.51. The van der Waals surface area contributed by atoms with Crippen molar-refractivity contribution < 1.29 is 69.5 Å². The summed E-state index contributed by atoms with van der Waals surface area (Å²) in [7, 11) is -4.10. The first kappa shape index (κ1) is 23.8. The Kier molecular flexibility index (Phi) is 16.8. The van der Waals surface area contributed by atoms with Gasteiger partial charge in [0.25, 0.3) is 0 Å². The molecule has 0 aliphatic carbocycles. The Hall–Kier alpha value is 1.51. The van der Waals surface area contributed by atoms with E-state index in [0.29, 0.717) is 12.8 Å². The minimum Gasteiger partial charge on any atom is -0.748 e. The number of hydrogen-bond acceptors (Lipinski definition) is 4. The van der Waals surface area contributed by atoms with Gasteiger partial charge in [0.15, 0.2) is 0 Å². The molecule has 2 unspecified atom stereocenters. The van der Waals surface area contributed by atoms with Gasteiger partial charge >= 0.3 is 51.4 Å². The van der Waals surface area contributed by atoms with Crippen LogP contribution in [0.15, 0.2) is 0 Å². The minimum atomic E-state index is -4.10. The SMILES string of the molecule is CCC(CCCCCCCCCC(C)O)S(=O)(=O)[O-].[K+]. The zero-order valence-corrected chi connectivity index (χ0v) is 17.2. The number of rotatable bonds is 12. The van der Waals surface area contributed by atoms with Crippen LogP contribution in [0.3, 0.4) is 0 Å². The Morgan fingerprint density at radius 3 is 1.70 bits per heavy atom. The molecular weight excluding hydrogens is 303 g/mol. The maximum Gasteiger partial charge on any atom is 1.00 e. The van der Waals surface area contributed by atoms with Gasteiger partial charge in [-0.05, 0) is 26.2 Å². The summed E-state index contributed by atoms with van der Waals surface area (Å²) in [5.41, 5.74) is 0. The molecule has 0 saturated carbocycles. The van der Waals surface area contributed by atoms with Crippen LogP contribution in [-0.4, -0.2) is 29.4 Å². The Morgan fingerprint density at radius 1 is 0.950 bits per heavy atom. The van der Waals surface area contributed by atoms with Crippen LogP contribution in [0, 0.1) is 0 Å². The van der Waals surface area contributed by atoms with Crippen molar-refractivity contribution in [2.24, 2.45) is 0 Å². The van der Waals surface area contributed by atoms with E-state index in [2.05, 4.69) is 0 Å². The fourth-order valence-corrected chi connectivity index (χ4v) is 3.11. The average Bonchev–Trinajstić information content (AvgIpc) is 2.29. The minimum absolute atomic E-state index is 0. The third kappa shape index (κ3) is 14.4. The van der Waals surface area contributed by atoms with Crippen LogP contribution in [0.5, 0.6) is 0 Å². The van der Waals surface area contributed by atoms with Crippen LogP contribution < -0.4 is 51.4 Å². The van der Waals surface area contributed by atoms with E-state index in [0.717, 1.165) is 44.9 Å². The van der Waals surface area contributed by atoms with Gasteiger partial charge in [-0.2, -0.15) is 0 Å². The second kappa shape index (κ2) is 14.1. The molecular formula is C14H29KO4S. The summed E-state index contributed by atoms with van der Waals surface area (Å²) in [6.45, 7) is 3.57. The Bertz CT molecular complexity index is 304. The van der Waals surface area contributed by atoms with E-state index >= 15 is 0 Å². The zero-order valence-electron chi connectivity index (χ0n) is 13.3. The molecule has 0 radical (unpaired) electrons. The van der Waals surface area contributed by atoms with Gasteiger partial charge in [-0.1, -0.05) is 51.9 Å². The molecule has 0 amide bonds. The van der Waals surface area contributed by atoms with Gasteiger partial charge in [0.05, 0.1) is 16.2 Å². The number of aliphatic hydroxyl groups excluding tert-OH is 1. The predicted octanol–water partition coefficient (Wildman–Crippen LogP) is 0.206. The van der Waals surface area contributed by atoms with Crippen molar-refractivity contribution in [1.82, 2.24) is 0 Å².